The van der Waals surface area contributed by atoms with Crippen LogP contribution < -0.4 is 10.1 Å². The van der Waals surface area contributed by atoms with Crippen molar-refractivity contribution in [1.29, 1.82) is 0 Å². The highest BCUT2D eigenvalue weighted by molar-refractivity contribution is 7.15. The van der Waals surface area contributed by atoms with E-state index in [4.69, 9.17) is 16.3 Å². The second kappa shape index (κ2) is 7.42. The third-order valence-corrected chi connectivity index (χ3v) is 5.02. The van der Waals surface area contributed by atoms with Crippen molar-refractivity contribution in [2.75, 3.05) is 5.32 Å². The van der Waals surface area contributed by atoms with E-state index in [0.29, 0.717) is 16.6 Å². The molecule has 0 saturated heterocycles. The molecule has 4 aromatic rings. The summed E-state index contributed by atoms with van der Waals surface area (Å²) in [6.07, 6.45) is 1.19. The standard InChI is InChI=1S/C20H16ClN3O2S/c1-13(26-16-9-5-8-15(21)12-16)19(25)23-18-17(14-6-3-2-4-7-14)22-20-24(18)10-11-27-20/h2-13H,1H3,(H,23,25)/t13-/m1/s1. The summed E-state index contributed by atoms with van der Waals surface area (Å²) >= 11 is 7.48. The van der Waals surface area contributed by atoms with Gasteiger partial charge in [-0.3, -0.25) is 9.20 Å². The first kappa shape index (κ1) is 17.6. The van der Waals surface area contributed by atoms with Crippen molar-refractivity contribution >= 4 is 39.6 Å². The van der Waals surface area contributed by atoms with E-state index in [0.717, 1.165) is 16.2 Å². The second-order valence-corrected chi connectivity index (χ2v) is 7.25. The lowest BCUT2D eigenvalue weighted by molar-refractivity contribution is -0.122. The van der Waals surface area contributed by atoms with Crippen LogP contribution in [-0.4, -0.2) is 21.4 Å². The first-order valence-corrected chi connectivity index (χ1v) is 9.61. The summed E-state index contributed by atoms with van der Waals surface area (Å²) in [5.74, 6) is 0.909. The Bertz CT molecular complexity index is 1090. The van der Waals surface area contributed by atoms with Crippen molar-refractivity contribution in [3.63, 3.8) is 0 Å². The van der Waals surface area contributed by atoms with Crippen LogP contribution in [0.25, 0.3) is 16.2 Å². The van der Waals surface area contributed by atoms with Gasteiger partial charge in [-0.25, -0.2) is 4.98 Å². The topological polar surface area (TPSA) is 55.6 Å². The highest BCUT2D eigenvalue weighted by Gasteiger charge is 2.21. The molecule has 0 aliphatic heterocycles. The van der Waals surface area contributed by atoms with E-state index in [2.05, 4.69) is 10.3 Å². The Balaban J connectivity index is 1.61. The zero-order valence-corrected chi connectivity index (χ0v) is 16.0. The molecule has 1 atom stereocenters. The summed E-state index contributed by atoms with van der Waals surface area (Å²) in [6, 6.07) is 16.7. The van der Waals surface area contributed by atoms with Gasteiger partial charge in [0, 0.05) is 22.2 Å². The molecule has 1 amide bonds. The van der Waals surface area contributed by atoms with Gasteiger partial charge in [-0.05, 0) is 25.1 Å². The lowest BCUT2D eigenvalue weighted by atomic mass is 10.1. The normalized spacial score (nSPS) is 12.1. The third-order valence-electron chi connectivity index (χ3n) is 4.03. The molecule has 0 bridgehead atoms. The number of halogens is 1. The minimum Gasteiger partial charge on any atom is -0.481 e. The maximum Gasteiger partial charge on any atom is 0.266 e. The number of aromatic nitrogens is 2. The Morgan fingerprint density at radius 3 is 2.81 bits per heavy atom. The summed E-state index contributed by atoms with van der Waals surface area (Å²) in [7, 11) is 0. The number of carbonyl (C=O) groups is 1. The van der Waals surface area contributed by atoms with Gasteiger partial charge in [0.1, 0.15) is 17.3 Å². The lowest BCUT2D eigenvalue weighted by Crippen LogP contribution is -2.30. The Morgan fingerprint density at radius 1 is 1.22 bits per heavy atom. The van der Waals surface area contributed by atoms with Crippen molar-refractivity contribution in [2.45, 2.75) is 13.0 Å². The molecule has 0 aliphatic rings. The number of ether oxygens (including phenoxy) is 1. The molecule has 4 rings (SSSR count). The molecule has 27 heavy (non-hydrogen) atoms. The molecule has 2 heterocycles. The minimum atomic E-state index is -0.698. The van der Waals surface area contributed by atoms with Gasteiger partial charge in [0.05, 0.1) is 0 Å². The summed E-state index contributed by atoms with van der Waals surface area (Å²) in [4.78, 5) is 18.2. The predicted molar refractivity (Wildman–Crippen MR) is 109 cm³/mol. The molecule has 7 heteroatoms. The molecule has 0 fully saturated rings. The molecule has 0 saturated carbocycles. The number of hydrogen-bond acceptors (Lipinski definition) is 4. The van der Waals surface area contributed by atoms with E-state index >= 15 is 0 Å². The van der Waals surface area contributed by atoms with Crippen molar-refractivity contribution in [3.05, 3.63) is 71.2 Å². The van der Waals surface area contributed by atoms with E-state index in [9.17, 15) is 4.79 Å². The largest absolute Gasteiger partial charge is 0.481 e. The van der Waals surface area contributed by atoms with E-state index < -0.39 is 6.10 Å². The molecule has 0 radical (unpaired) electrons. The van der Waals surface area contributed by atoms with Gasteiger partial charge in [0.2, 0.25) is 0 Å². The van der Waals surface area contributed by atoms with E-state index in [1.807, 2.05) is 46.3 Å². The van der Waals surface area contributed by atoms with Crippen LogP contribution in [-0.2, 0) is 4.79 Å². The number of hydrogen-bond donors (Lipinski definition) is 1. The first-order valence-electron chi connectivity index (χ1n) is 8.36. The number of imidazole rings is 1. The number of nitrogens with one attached hydrogen (secondary N) is 1. The summed E-state index contributed by atoms with van der Waals surface area (Å²) < 4.78 is 7.59. The number of anilines is 1. The molecule has 0 aliphatic carbocycles. The first-order chi connectivity index (χ1) is 13.1. The van der Waals surface area contributed by atoms with E-state index in [-0.39, 0.29) is 5.91 Å². The highest BCUT2D eigenvalue weighted by Crippen LogP contribution is 2.30. The predicted octanol–water partition coefficient (Wildman–Crippen LogP) is 5.12. The molecule has 0 unspecified atom stereocenters. The number of rotatable bonds is 5. The van der Waals surface area contributed by atoms with Crippen LogP contribution >= 0.6 is 22.9 Å². The van der Waals surface area contributed by atoms with Gasteiger partial charge >= 0.3 is 0 Å². The van der Waals surface area contributed by atoms with Gasteiger partial charge in [-0.2, -0.15) is 0 Å². The van der Waals surface area contributed by atoms with Gasteiger partial charge < -0.3 is 10.1 Å². The minimum absolute atomic E-state index is 0.264. The quantitative estimate of drug-likeness (QED) is 0.508. The van der Waals surface area contributed by atoms with E-state index in [1.165, 1.54) is 11.3 Å². The van der Waals surface area contributed by atoms with Crippen LogP contribution in [0.1, 0.15) is 6.92 Å². The van der Waals surface area contributed by atoms with E-state index in [1.54, 1.807) is 31.2 Å². The van der Waals surface area contributed by atoms with Gasteiger partial charge in [0.25, 0.3) is 5.91 Å². The number of amides is 1. The third kappa shape index (κ3) is 3.67. The van der Waals surface area contributed by atoms with Crippen LogP contribution in [0, 0.1) is 0 Å². The number of benzene rings is 2. The SMILES string of the molecule is C[C@@H](Oc1cccc(Cl)c1)C(=O)Nc1c(-c2ccccc2)nc2sccn12. The molecule has 136 valence electrons. The molecule has 5 nitrogen and oxygen atoms in total. The van der Waals surface area contributed by atoms with Gasteiger partial charge in [-0.1, -0.05) is 48.0 Å². The fourth-order valence-corrected chi connectivity index (χ4v) is 3.61. The van der Waals surface area contributed by atoms with Gasteiger partial charge in [0.15, 0.2) is 11.1 Å². The van der Waals surface area contributed by atoms with Crippen LogP contribution in [0.3, 0.4) is 0 Å². The number of nitrogens with zero attached hydrogens (tertiary/aromatic N) is 2. The van der Waals surface area contributed by atoms with Crippen molar-refractivity contribution in [1.82, 2.24) is 9.38 Å². The average molecular weight is 398 g/mol. The number of carbonyl (C=O) groups excluding carboxylic acids is 1. The molecule has 1 N–H and O–H groups in total. The average Bonchev–Trinajstić information content (AvgIpc) is 3.25. The van der Waals surface area contributed by atoms with Crippen molar-refractivity contribution in [2.24, 2.45) is 0 Å². The van der Waals surface area contributed by atoms with Crippen molar-refractivity contribution in [3.8, 4) is 17.0 Å². The highest BCUT2D eigenvalue weighted by atomic mass is 35.5. The molecule has 0 spiro atoms. The smallest absolute Gasteiger partial charge is 0.266 e. The Kier molecular flexibility index (Phi) is 4.83. The number of thiazole rings is 1. The van der Waals surface area contributed by atoms with Crippen LogP contribution in [0.5, 0.6) is 5.75 Å². The monoisotopic (exact) mass is 397 g/mol. The molecule has 2 aromatic heterocycles. The summed E-state index contributed by atoms with van der Waals surface area (Å²) in [5, 5.41) is 5.45. The number of fused-ring (bicyclic) bond motifs is 1. The lowest BCUT2D eigenvalue weighted by Gasteiger charge is -2.15. The maximum atomic E-state index is 12.7. The van der Waals surface area contributed by atoms with Crippen LogP contribution in [0.4, 0.5) is 5.82 Å². The van der Waals surface area contributed by atoms with Crippen LogP contribution in [0.2, 0.25) is 5.02 Å². The Morgan fingerprint density at radius 2 is 2.04 bits per heavy atom. The van der Waals surface area contributed by atoms with Crippen LogP contribution in [0.15, 0.2) is 66.2 Å². The fraction of sp³-hybridized carbons (Fsp3) is 0.100. The summed E-state index contributed by atoms with van der Waals surface area (Å²) in [6.45, 7) is 1.70. The molecular weight excluding hydrogens is 382 g/mol. The fourth-order valence-electron chi connectivity index (χ4n) is 2.72. The Hall–Kier alpha value is -2.83. The maximum absolute atomic E-state index is 12.7. The van der Waals surface area contributed by atoms with Gasteiger partial charge in [-0.15, -0.1) is 11.3 Å². The zero-order valence-electron chi connectivity index (χ0n) is 14.4. The second-order valence-electron chi connectivity index (χ2n) is 5.94. The summed E-state index contributed by atoms with van der Waals surface area (Å²) in [5.41, 5.74) is 1.66. The zero-order chi connectivity index (χ0) is 18.8. The Labute approximate surface area is 165 Å². The molecule has 2 aromatic carbocycles. The molecular formula is C20H16ClN3O2S. The van der Waals surface area contributed by atoms with Crippen molar-refractivity contribution < 1.29 is 9.53 Å².